The van der Waals surface area contributed by atoms with Crippen molar-refractivity contribution in [3.63, 3.8) is 0 Å². The van der Waals surface area contributed by atoms with Crippen LogP contribution in [0, 0.1) is 11.8 Å². The van der Waals surface area contributed by atoms with Crippen LogP contribution in [0.3, 0.4) is 0 Å². The summed E-state index contributed by atoms with van der Waals surface area (Å²) in [4.78, 5) is 12.9. The van der Waals surface area contributed by atoms with E-state index in [1.54, 1.807) is 0 Å². The zero-order valence-corrected chi connectivity index (χ0v) is 13.5. The van der Waals surface area contributed by atoms with Crippen molar-refractivity contribution >= 4 is 13.6 Å². The summed E-state index contributed by atoms with van der Waals surface area (Å²) in [6, 6.07) is 0. The summed E-state index contributed by atoms with van der Waals surface area (Å²) in [5.41, 5.74) is 0. The maximum absolute atomic E-state index is 12.9. The molecule has 2 rings (SSSR count). The third-order valence-electron chi connectivity index (χ3n) is 5.81. The van der Waals surface area contributed by atoms with Gasteiger partial charge in [0.2, 0.25) is 0 Å². The molecule has 1 atom stereocenters. The molecule has 0 bridgehead atoms. The van der Waals surface area contributed by atoms with Gasteiger partial charge in [0.1, 0.15) is 13.6 Å². The number of hydrogen-bond acceptors (Lipinski definition) is 1. The van der Waals surface area contributed by atoms with Crippen LogP contribution >= 0.6 is 0 Å². The molecule has 0 N–H and O–H groups in total. The van der Waals surface area contributed by atoms with Crippen molar-refractivity contribution in [2.45, 2.75) is 95.7 Å². The fourth-order valence-electron chi connectivity index (χ4n) is 4.33. The first kappa shape index (κ1) is 16.1. The molecule has 1 unspecified atom stereocenters. The van der Waals surface area contributed by atoms with Crippen molar-refractivity contribution < 1.29 is 4.79 Å². The zero-order chi connectivity index (χ0) is 14.2. The Bertz CT molecular complexity index is 273. The molecule has 0 aliphatic heterocycles. The lowest BCUT2D eigenvalue weighted by atomic mass is 9.65. The monoisotopic (exact) mass is 276 g/mol. The average molecular weight is 276 g/mol. The molecule has 0 heterocycles. The van der Waals surface area contributed by atoms with E-state index in [0.29, 0.717) is 23.4 Å². The van der Waals surface area contributed by atoms with Crippen LogP contribution in [0.2, 0.25) is 5.82 Å². The summed E-state index contributed by atoms with van der Waals surface area (Å²) in [6.45, 7) is 0. The maximum atomic E-state index is 12.9. The van der Waals surface area contributed by atoms with Crippen molar-refractivity contribution in [1.29, 1.82) is 0 Å². The second-order valence-corrected chi connectivity index (χ2v) is 7.34. The van der Waals surface area contributed by atoms with Gasteiger partial charge in [0.15, 0.2) is 0 Å². The number of carbonyl (C=O) groups is 1. The highest BCUT2D eigenvalue weighted by molar-refractivity contribution is 6.24. The Labute approximate surface area is 126 Å². The predicted octanol–water partition coefficient (Wildman–Crippen LogP) is 4.70. The van der Waals surface area contributed by atoms with Gasteiger partial charge in [0.05, 0.1) is 0 Å². The summed E-state index contributed by atoms with van der Waals surface area (Å²) in [7, 11) is 2.24. The molecule has 114 valence electrons. The molecule has 2 saturated carbocycles. The summed E-state index contributed by atoms with van der Waals surface area (Å²) < 4.78 is 0. The van der Waals surface area contributed by atoms with Gasteiger partial charge in [0.25, 0.3) is 0 Å². The van der Waals surface area contributed by atoms with Gasteiger partial charge < -0.3 is 0 Å². The van der Waals surface area contributed by atoms with Gasteiger partial charge in [0, 0.05) is 5.92 Å². The lowest BCUT2D eigenvalue weighted by Crippen LogP contribution is -2.26. The molecular formula is C18H33BO. The van der Waals surface area contributed by atoms with Gasteiger partial charge in [-0.15, -0.1) is 0 Å². The normalized spacial score (nSPS) is 26.0. The summed E-state index contributed by atoms with van der Waals surface area (Å²) in [5, 5.41) is 0. The van der Waals surface area contributed by atoms with Crippen LogP contribution in [0.25, 0.3) is 0 Å². The highest BCUT2D eigenvalue weighted by Crippen LogP contribution is 2.35. The second kappa shape index (κ2) is 8.90. The molecule has 0 aromatic carbocycles. The van der Waals surface area contributed by atoms with E-state index in [2.05, 4.69) is 7.85 Å². The van der Waals surface area contributed by atoms with E-state index in [4.69, 9.17) is 0 Å². The number of hydrogen-bond donors (Lipinski definition) is 0. The number of ketones is 1. The molecule has 0 saturated heterocycles. The molecule has 2 aliphatic rings. The Morgan fingerprint density at radius 3 is 1.60 bits per heavy atom. The molecule has 0 amide bonds. The molecule has 2 aliphatic carbocycles. The second-order valence-electron chi connectivity index (χ2n) is 7.34. The van der Waals surface area contributed by atoms with Crippen LogP contribution in [-0.2, 0) is 4.79 Å². The molecule has 1 nitrogen and oxygen atoms in total. The quantitative estimate of drug-likeness (QED) is 0.683. The molecular weight excluding hydrogens is 243 g/mol. The predicted molar refractivity (Wildman–Crippen MR) is 88.9 cm³/mol. The Hall–Kier alpha value is -0.265. The summed E-state index contributed by atoms with van der Waals surface area (Å²) in [6.07, 6.45) is 18.5. The fourth-order valence-corrected chi connectivity index (χ4v) is 4.33. The van der Waals surface area contributed by atoms with E-state index in [-0.39, 0.29) is 0 Å². The van der Waals surface area contributed by atoms with E-state index in [1.807, 2.05) is 0 Å². The van der Waals surface area contributed by atoms with Crippen molar-refractivity contribution in [3.8, 4) is 0 Å². The Morgan fingerprint density at radius 1 is 0.700 bits per heavy atom. The number of Topliss-reactive ketones (excluding diaryl/α,β-unsaturated/α-hetero) is 1. The Balaban J connectivity index is 1.87. The van der Waals surface area contributed by atoms with Crippen LogP contribution in [-0.4, -0.2) is 13.6 Å². The molecule has 0 aromatic rings. The van der Waals surface area contributed by atoms with Gasteiger partial charge in [-0.3, -0.25) is 4.79 Å². The fraction of sp³-hybridized carbons (Fsp3) is 0.944. The molecule has 0 radical (unpaired) electrons. The van der Waals surface area contributed by atoms with E-state index >= 15 is 0 Å². The Morgan fingerprint density at radius 2 is 1.10 bits per heavy atom. The van der Waals surface area contributed by atoms with E-state index < -0.39 is 0 Å². The maximum Gasteiger partial charge on any atom is 0.131 e. The van der Waals surface area contributed by atoms with E-state index in [0.717, 1.165) is 0 Å². The van der Waals surface area contributed by atoms with Gasteiger partial charge >= 0.3 is 0 Å². The van der Waals surface area contributed by atoms with E-state index in [9.17, 15) is 4.79 Å². The smallest absolute Gasteiger partial charge is 0.131 e. The van der Waals surface area contributed by atoms with Crippen molar-refractivity contribution in [2.24, 2.45) is 11.8 Å². The first-order chi connectivity index (χ1) is 9.79. The van der Waals surface area contributed by atoms with Crippen LogP contribution < -0.4 is 0 Å². The molecule has 20 heavy (non-hydrogen) atoms. The van der Waals surface area contributed by atoms with Gasteiger partial charge in [-0.05, 0) is 24.6 Å². The molecule has 2 fully saturated rings. The Kier molecular flexibility index (Phi) is 7.17. The third-order valence-corrected chi connectivity index (χ3v) is 5.81. The standard InChI is InChI=1S/C18H33BO/c19-17(15-11-7-3-1-4-8-12-15)18(20)16-13-9-5-2-6-10-14-16/h15-17H,1-14,19H2. The zero-order valence-electron chi connectivity index (χ0n) is 13.5. The molecule has 2 heteroatoms. The minimum absolute atomic E-state index is 0.331. The van der Waals surface area contributed by atoms with Crippen molar-refractivity contribution in [1.82, 2.24) is 0 Å². The first-order valence-corrected chi connectivity index (χ1v) is 9.33. The van der Waals surface area contributed by atoms with E-state index in [1.165, 1.54) is 89.9 Å². The van der Waals surface area contributed by atoms with Crippen LogP contribution in [0.15, 0.2) is 0 Å². The SMILES string of the molecule is BC(C(=O)C1CCCCCCC1)C1CCCCCCC1. The highest BCUT2D eigenvalue weighted by atomic mass is 16.1. The first-order valence-electron chi connectivity index (χ1n) is 9.33. The highest BCUT2D eigenvalue weighted by Gasteiger charge is 2.29. The number of carbonyl (C=O) groups excluding carboxylic acids is 1. The van der Waals surface area contributed by atoms with Crippen molar-refractivity contribution in [3.05, 3.63) is 0 Å². The van der Waals surface area contributed by atoms with Gasteiger partial charge in [-0.2, -0.15) is 0 Å². The topological polar surface area (TPSA) is 17.1 Å². The molecule has 0 spiro atoms. The largest absolute Gasteiger partial charge is 0.300 e. The van der Waals surface area contributed by atoms with Crippen LogP contribution in [0.1, 0.15) is 89.9 Å². The summed E-state index contributed by atoms with van der Waals surface area (Å²) in [5.74, 6) is 2.04. The lowest BCUT2D eigenvalue weighted by molar-refractivity contribution is -0.124. The minimum Gasteiger partial charge on any atom is -0.300 e. The third kappa shape index (κ3) is 4.93. The van der Waals surface area contributed by atoms with Crippen LogP contribution in [0.4, 0.5) is 0 Å². The average Bonchev–Trinajstić information content (AvgIpc) is 2.36. The van der Waals surface area contributed by atoms with Gasteiger partial charge in [-0.25, -0.2) is 0 Å². The minimum atomic E-state index is 0.331. The van der Waals surface area contributed by atoms with Crippen LogP contribution in [0.5, 0.6) is 0 Å². The molecule has 0 aromatic heterocycles. The summed E-state index contributed by atoms with van der Waals surface area (Å²) >= 11 is 0. The van der Waals surface area contributed by atoms with Gasteiger partial charge in [-0.1, -0.05) is 77.0 Å². The number of rotatable bonds is 3. The lowest BCUT2D eigenvalue weighted by Gasteiger charge is -2.29. The van der Waals surface area contributed by atoms with Crippen molar-refractivity contribution in [2.75, 3.05) is 0 Å².